The molecule has 1 aromatic heterocycles. The number of hydrogen-bond acceptors (Lipinski definition) is 4. The Bertz CT molecular complexity index is 905. The Kier molecular flexibility index (Phi) is 3.26. The summed E-state index contributed by atoms with van der Waals surface area (Å²) in [5.74, 6) is 0.337. The van der Waals surface area contributed by atoms with Gasteiger partial charge in [0.25, 0.3) is 0 Å². The number of H-pyrrole nitrogens is 1. The third kappa shape index (κ3) is 2.60. The SMILES string of the molecule is FC(F)(F)c1nc2c(NCc3ccc4c(c3)OCO4)cccc2[nH]1. The van der Waals surface area contributed by atoms with Crippen molar-refractivity contribution in [2.75, 3.05) is 12.1 Å². The van der Waals surface area contributed by atoms with Crippen molar-refractivity contribution in [1.29, 1.82) is 0 Å². The first kappa shape index (κ1) is 14.7. The number of anilines is 1. The van der Waals surface area contributed by atoms with E-state index in [9.17, 15) is 13.2 Å². The molecule has 2 N–H and O–H groups in total. The molecule has 5 nitrogen and oxygen atoms in total. The van der Waals surface area contributed by atoms with Crippen LogP contribution in [0.25, 0.3) is 11.0 Å². The molecule has 0 bridgehead atoms. The lowest BCUT2D eigenvalue weighted by Crippen LogP contribution is -2.07. The van der Waals surface area contributed by atoms with E-state index in [0.717, 1.165) is 5.56 Å². The highest BCUT2D eigenvalue weighted by Gasteiger charge is 2.35. The van der Waals surface area contributed by atoms with Crippen LogP contribution in [-0.4, -0.2) is 16.8 Å². The smallest absolute Gasteiger partial charge is 0.449 e. The fourth-order valence-electron chi connectivity index (χ4n) is 2.56. The number of ether oxygens (including phenoxy) is 2. The number of imidazole rings is 1. The van der Waals surface area contributed by atoms with E-state index in [1.165, 1.54) is 0 Å². The fraction of sp³-hybridized carbons (Fsp3) is 0.188. The third-order valence-corrected chi connectivity index (χ3v) is 3.70. The number of alkyl halides is 3. The lowest BCUT2D eigenvalue weighted by Gasteiger charge is -2.08. The molecular weight excluding hydrogens is 323 g/mol. The molecule has 4 rings (SSSR count). The Morgan fingerprint density at radius 2 is 1.96 bits per heavy atom. The largest absolute Gasteiger partial charge is 0.454 e. The predicted molar refractivity (Wildman–Crippen MR) is 81.0 cm³/mol. The molecule has 2 aromatic carbocycles. The molecule has 0 aliphatic carbocycles. The Hall–Kier alpha value is -2.90. The summed E-state index contributed by atoms with van der Waals surface area (Å²) in [5, 5.41) is 3.11. The average Bonchev–Trinajstić information content (AvgIpc) is 3.18. The molecule has 0 amide bonds. The van der Waals surface area contributed by atoms with Gasteiger partial charge in [-0.25, -0.2) is 4.98 Å². The van der Waals surface area contributed by atoms with Crippen LogP contribution in [-0.2, 0) is 12.7 Å². The summed E-state index contributed by atoms with van der Waals surface area (Å²) in [4.78, 5) is 5.96. The summed E-state index contributed by atoms with van der Waals surface area (Å²) in [5.41, 5.74) is 2.03. The number of nitrogens with zero attached hydrogens (tertiary/aromatic N) is 1. The minimum atomic E-state index is -4.51. The van der Waals surface area contributed by atoms with Gasteiger partial charge < -0.3 is 19.8 Å². The Morgan fingerprint density at radius 1 is 1.12 bits per heavy atom. The normalized spacial score (nSPS) is 13.5. The number of aromatic amines is 1. The number of aromatic nitrogens is 2. The molecule has 0 saturated carbocycles. The van der Waals surface area contributed by atoms with E-state index in [4.69, 9.17) is 9.47 Å². The zero-order valence-electron chi connectivity index (χ0n) is 12.3. The molecule has 0 unspecified atom stereocenters. The second-order valence-corrected chi connectivity index (χ2v) is 5.33. The zero-order chi connectivity index (χ0) is 16.7. The van der Waals surface area contributed by atoms with Crippen LogP contribution in [0.3, 0.4) is 0 Å². The van der Waals surface area contributed by atoms with E-state index in [-0.39, 0.29) is 12.3 Å². The van der Waals surface area contributed by atoms with Crippen LogP contribution in [0.5, 0.6) is 11.5 Å². The van der Waals surface area contributed by atoms with Gasteiger partial charge >= 0.3 is 6.18 Å². The first-order valence-corrected chi connectivity index (χ1v) is 7.19. The third-order valence-electron chi connectivity index (χ3n) is 3.70. The van der Waals surface area contributed by atoms with Gasteiger partial charge in [0.15, 0.2) is 11.5 Å². The van der Waals surface area contributed by atoms with E-state index >= 15 is 0 Å². The fourth-order valence-corrected chi connectivity index (χ4v) is 2.56. The molecule has 1 aliphatic heterocycles. The van der Waals surface area contributed by atoms with Crippen molar-refractivity contribution in [3.63, 3.8) is 0 Å². The molecule has 24 heavy (non-hydrogen) atoms. The van der Waals surface area contributed by atoms with Crippen molar-refractivity contribution in [2.45, 2.75) is 12.7 Å². The highest BCUT2D eigenvalue weighted by atomic mass is 19.4. The molecule has 0 spiro atoms. The predicted octanol–water partition coefficient (Wildman–Crippen LogP) is 3.92. The maximum atomic E-state index is 12.8. The number of fused-ring (bicyclic) bond motifs is 2. The lowest BCUT2D eigenvalue weighted by molar-refractivity contribution is -0.144. The van der Waals surface area contributed by atoms with Gasteiger partial charge in [0.1, 0.15) is 5.52 Å². The van der Waals surface area contributed by atoms with Crippen LogP contribution >= 0.6 is 0 Å². The molecule has 8 heteroatoms. The van der Waals surface area contributed by atoms with Gasteiger partial charge in [-0.15, -0.1) is 0 Å². The van der Waals surface area contributed by atoms with Crippen LogP contribution in [0, 0.1) is 0 Å². The van der Waals surface area contributed by atoms with E-state index < -0.39 is 12.0 Å². The van der Waals surface area contributed by atoms with Gasteiger partial charge in [0, 0.05) is 6.54 Å². The van der Waals surface area contributed by atoms with Crippen LogP contribution in [0.4, 0.5) is 18.9 Å². The van der Waals surface area contributed by atoms with Crippen LogP contribution < -0.4 is 14.8 Å². The summed E-state index contributed by atoms with van der Waals surface area (Å²) in [7, 11) is 0. The van der Waals surface area contributed by atoms with Crippen molar-refractivity contribution < 1.29 is 22.6 Å². The number of para-hydroxylation sites is 1. The Labute approximate surface area is 134 Å². The first-order valence-electron chi connectivity index (χ1n) is 7.19. The van der Waals surface area contributed by atoms with Gasteiger partial charge in [-0.1, -0.05) is 12.1 Å². The minimum Gasteiger partial charge on any atom is -0.454 e. The van der Waals surface area contributed by atoms with E-state index in [2.05, 4.69) is 15.3 Å². The number of benzene rings is 2. The summed E-state index contributed by atoms with van der Waals surface area (Å²) in [6, 6.07) is 10.4. The molecule has 0 fully saturated rings. The average molecular weight is 335 g/mol. The molecule has 1 aliphatic rings. The Balaban J connectivity index is 1.59. The molecule has 124 valence electrons. The van der Waals surface area contributed by atoms with Crippen molar-refractivity contribution in [3.05, 3.63) is 47.8 Å². The highest BCUT2D eigenvalue weighted by Crippen LogP contribution is 2.33. The monoisotopic (exact) mass is 335 g/mol. The van der Waals surface area contributed by atoms with Gasteiger partial charge in [-0.05, 0) is 29.8 Å². The van der Waals surface area contributed by atoms with Crippen LogP contribution in [0.1, 0.15) is 11.4 Å². The van der Waals surface area contributed by atoms with Gasteiger partial charge in [0.05, 0.1) is 11.2 Å². The topological polar surface area (TPSA) is 59.2 Å². The number of hydrogen-bond donors (Lipinski definition) is 2. The minimum absolute atomic E-state index is 0.193. The highest BCUT2D eigenvalue weighted by molar-refractivity contribution is 5.88. The van der Waals surface area contributed by atoms with Gasteiger partial charge in [0.2, 0.25) is 12.6 Å². The Morgan fingerprint density at radius 3 is 2.79 bits per heavy atom. The first-order chi connectivity index (χ1) is 11.5. The van der Waals surface area contributed by atoms with Crippen molar-refractivity contribution in [1.82, 2.24) is 9.97 Å². The van der Waals surface area contributed by atoms with Gasteiger partial charge in [-0.3, -0.25) is 0 Å². The summed E-state index contributed by atoms with van der Waals surface area (Å²) >= 11 is 0. The van der Waals surface area contributed by atoms with Gasteiger partial charge in [-0.2, -0.15) is 13.2 Å². The van der Waals surface area contributed by atoms with Crippen LogP contribution in [0.15, 0.2) is 36.4 Å². The maximum absolute atomic E-state index is 12.8. The van der Waals surface area contributed by atoms with E-state index in [0.29, 0.717) is 29.2 Å². The zero-order valence-corrected chi connectivity index (χ0v) is 12.3. The number of rotatable bonds is 3. The molecular formula is C16H12F3N3O2. The van der Waals surface area contributed by atoms with E-state index in [1.807, 2.05) is 12.1 Å². The number of halogens is 3. The lowest BCUT2D eigenvalue weighted by atomic mass is 10.2. The molecule has 0 saturated heterocycles. The molecule has 0 atom stereocenters. The van der Waals surface area contributed by atoms with Crippen LogP contribution in [0.2, 0.25) is 0 Å². The molecule has 3 aromatic rings. The quantitative estimate of drug-likeness (QED) is 0.762. The standard InChI is InChI=1S/C16H12F3N3O2/c17-16(18,19)15-21-11-3-1-2-10(14(11)22-15)20-7-9-4-5-12-13(6-9)24-8-23-12/h1-6,20H,7-8H2,(H,21,22). The summed E-state index contributed by atoms with van der Waals surface area (Å²) in [6.45, 7) is 0.614. The second-order valence-electron chi connectivity index (χ2n) is 5.33. The van der Waals surface area contributed by atoms with Crippen molar-refractivity contribution in [3.8, 4) is 11.5 Å². The number of nitrogens with one attached hydrogen (secondary N) is 2. The van der Waals surface area contributed by atoms with E-state index in [1.54, 1.807) is 24.3 Å². The second kappa shape index (κ2) is 5.33. The molecule has 2 heterocycles. The van der Waals surface area contributed by atoms with Crippen molar-refractivity contribution >= 4 is 16.7 Å². The summed E-state index contributed by atoms with van der Waals surface area (Å²) in [6.07, 6.45) is -4.51. The molecule has 0 radical (unpaired) electrons. The van der Waals surface area contributed by atoms with Crippen molar-refractivity contribution in [2.24, 2.45) is 0 Å². The summed E-state index contributed by atoms with van der Waals surface area (Å²) < 4.78 is 48.9. The maximum Gasteiger partial charge on any atom is 0.449 e.